The summed E-state index contributed by atoms with van der Waals surface area (Å²) in [4.78, 5) is 28.4. The minimum absolute atomic E-state index is 0.0903. The van der Waals surface area contributed by atoms with Crippen LogP contribution in [0, 0.1) is 6.92 Å². The van der Waals surface area contributed by atoms with Crippen LogP contribution in [0.2, 0.25) is 5.02 Å². The molecule has 3 aromatic rings. The summed E-state index contributed by atoms with van der Waals surface area (Å²) in [5.74, 6) is 0.652. The van der Waals surface area contributed by atoms with E-state index in [2.05, 4.69) is 10.1 Å². The van der Waals surface area contributed by atoms with Crippen LogP contribution in [0.25, 0.3) is 10.9 Å². The van der Waals surface area contributed by atoms with Gasteiger partial charge in [0.1, 0.15) is 5.75 Å². The summed E-state index contributed by atoms with van der Waals surface area (Å²) in [5.41, 5.74) is 3.32. The van der Waals surface area contributed by atoms with Gasteiger partial charge in [-0.2, -0.15) is 5.10 Å². The van der Waals surface area contributed by atoms with Gasteiger partial charge in [0, 0.05) is 23.3 Å². The highest BCUT2D eigenvalue weighted by atomic mass is 35.5. The van der Waals surface area contributed by atoms with Crippen molar-refractivity contribution in [3.8, 4) is 5.75 Å². The molecule has 2 heterocycles. The summed E-state index contributed by atoms with van der Waals surface area (Å²) < 4.78 is 5.23. The molecule has 0 radical (unpaired) electrons. The minimum Gasteiger partial charge on any atom is -0.497 e. The largest absolute Gasteiger partial charge is 0.497 e. The lowest BCUT2D eigenvalue weighted by atomic mass is 9.95. The van der Waals surface area contributed by atoms with Crippen LogP contribution in [0.3, 0.4) is 0 Å². The van der Waals surface area contributed by atoms with Crippen LogP contribution in [0.15, 0.2) is 52.4 Å². The van der Waals surface area contributed by atoms with Gasteiger partial charge in [-0.3, -0.25) is 9.59 Å². The highest BCUT2D eigenvalue weighted by Crippen LogP contribution is 2.34. The lowest BCUT2D eigenvalue weighted by Gasteiger charge is -2.21. The Bertz CT molecular complexity index is 1210. The Hall–Kier alpha value is -3.12. The van der Waals surface area contributed by atoms with E-state index in [0.717, 1.165) is 22.3 Å². The molecule has 0 bridgehead atoms. The number of hydrogen-bond donors (Lipinski definition) is 1. The fourth-order valence-electron chi connectivity index (χ4n) is 3.92. The molecule has 4 rings (SSSR count). The van der Waals surface area contributed by atoms with Gasteiger partial charge in [0.25, 0.3) is 5.56 Å². The number of methoxy groups -OCH3 is 1. The fraction of sp³-hybridized carbons (Fsp3) is 0.261. The first-order chi connectivity index (χ1) is 14.4. The Morgan fingerprint density at radius 3 is 2.67 bits per heavy atom. The molecule has 0 saturated heterocycles. The zero-order chi connectivity index (χ0) is 21.4. The molecule has 1 amide bonds. The van der Waals surface area contributed by atoms with Gasteiger partial charge in [0.2, 0.25) is 5.91 Å². The molecule has 0 aliphatic carbocycles. The van der Waals surface area contributed by atoms with Crippen LogP contribution in [0.4, 0.5) is 0 Å². The Kier molecular flexibility index (Phi) is 5.35. The first-order valence-corrected chi connectivity index (χ1v) is 10.2. The molecular formula is C23H22ClN3O3. The summed E-state index contributed by atoms with van der Waals surface area (Å²) in [6.07, 6.45) is 0.788. The highest BCUT2D eigenvalue weighted by Gasteiger charge is 2.34. The molecular weight excluding hydrogens is 402 g/mol. The second-order valence-corrected chi connectivity index (χ2v) is 7.71. The molecule has 0 saturated carbocycles. The van der Waals surface area contributed by atoms with Crippen molar-refractivity contribution in [3.05, 3.63) is 74.5 Å². The SMILES string of the molecule is CCC(=O)N1N=C(c2c(C)c3ccc(Cl)cc3[nH]c2=O)CC1c1ccc(OC)cc1. The zero-order valence-electron chi connectivity index (χ0n) is 17.0. The van der Waals surface area contributed by atoms with Crippen LogP contribution in [0.1, 0.15) is 42.5 Å². The molecule has 1 unspecified atom stereocenters. The summed E-state index contributed by atoms with van der Waals surface area (Å²) >= 11 is 6.07. The standard InChI is InChI=1S/C23H22ClN3O3/c1-4-21(28)27-20(14-5-8-16(30-3)9-6-14)12-19(26-27)22-13(2)17-10-7-15(24)11-18(17)25-23(22)29/h5-11,20H,4,12H2,1-3H3,(H,25,29). The number of halogens is 1. The number of fused-ring (bicyclic) bond motifs is 1. The zero-order valence-corrected chi connectivity index (χ0v) is 17.8. The Morgan fingerprint density at radius 2 is 2.00 bits per heavy atom. The maximum atomic E-state index is 12.9. The van der Waals surface area contributed by atoms with Gasteiger partial charge in [0.05, 0.1) is 29.9 Å². The van der Waals surface area contributed by atoms with E-state index in [0.29, 0.717) is 34.7 Å². The number of carbonyl (C=O) groups excluding carboxylic acids is 1. The third kappa shape index (κ3) is 3.48. The van der Waals surface area contributed by atoms with Crippen molar-refractivity contribution in [1.82, 2.24) is 9.99 Å². The molecule has 1 N–H and O–H groups in total. The number of hydrogen-bond acceptors (Lipinski definition) is 4. The third-order valence-electron chi connectivity index (χ3n) is 5.49. The maximum absolute atomic E-state index is 12.9. The van der Waals surface area contributed by atoms with Crippen LogP contribution in [-0.2, 0) is 4.79 Å². The Morgan fingerprint density at radius 1 is 1.27 bits per heavy atom. The summed E-state index contributed by atoms with van der Waals surface area (Å²) in [5, 5.41) is 7.56. The lowest BCUT2D eigenvalue weighted by Crippen LogP contribution is -2.26. The number of nitrogens with one attached hydrogen (secondary N) is 1. The van der Waals surface area contributed by atoms with Gasteiger partial charge in [-0.15, -0.1) is 0 Å². The summed E-state index contributed by atoms with van der Waals surface area (Å²) in [6.45, 7) is 3.70. The lowest BCUT2D eigenvalue weighted by molar-refractivity contribution is -0.132. The Labute approximate surface area is 179 Å². The van der Waals surface area contributed by atoms with Crippen molar-refractivity contribution in [3.63, 3.8) is 0 Å². The van der Waals surface area contributed by atoms with Gasteiger partial charge in [-0.1, -0.05) is 36.7 Å². The van der Waals surface area contributed by atoms with Gasteiger partial charge in [-0.05, 0) is 42.3 Å². The topological polar surface area (TPSA) is 74.8 Å². The smallest absolute Gasteiger partial charge is 0.257 e. The minimum atomic E-state index is -0.266. The third-order valence-corrected chi connectivity index (χ3v) is 5.73. The molecule has 1 aliphatic heterocycles. The number of nitrogens with zero attached hydrogens (tertiary/aromatic N) is 2. The van der Waals surface area contributed by atoms with E-state index in [1.807, 2.05) is 37.3 Å². The second kappa shape index (κ2) is 7.95. The van der Waals surface area contributed by atoms with E-state index < -0.39 is 0 Å². The van der Waals surface area contributed by atoms with Gasteiger partial charge in [-0.25, -0.2) is 5.01 Å². The number of pyridine rings is 1. The van der Waals surface area contributed by atoms with Crippen LogP contribution in [0.5, 0.6) is 5.75 Å². The number of ether oxygens (including phenoxy) is 1. The van der Waals surface area contributed by atoms with Crippen molar-refractivity contribution in [2.24, 2.45) is 5.10 Å². The molecule has 1 aromatic heterocycles. The van der Waals surface area contributed by atoms with E-state index in [-0.39, 0.29) is 17.5 Å². The van der Waals surface area contributed by atoms with E-state index in [1.165, 1.54) is 5.01 Å². The molecule has 30 heavy (non-hydrogen) atoms. The van der Waals surface area contributed by atoms with Crippen molar-refractivity contribution < 1.29 is 9.53 Å². The number of benzene rings is 2. The second-order valence-electron chi connectivity index (χ2n) is 7.28. The van der Waals surface area contributed by atoms with Gasteiger partial charge in [0.15, 0.2) is 0 Å². The number of H-pyrrole nitrogens is 1. The number of rotatable bonds is 4. The number of aryl methyl sites for hydroxylation is 1. The molecule has 1 aliphatic rings. The predicted octanol–water partition coefficient (Wildman–Crippen LogP) is 4.59. The average Bonchev–Trinajstić information content (AvgIpc) is 3.17. The van der Waals surface area contributed by atoms with E-state index >= 15 is 0 Å². The van der Waals surface area contributed by atoms with Gasteiger partial charge < -0.3 is 9.72 Å². The highest BCUT2D eigenvalue weighted by molar-refractivity contribution is 6.31. The fourth-order valence-corrected chi connectivity index (χ4v) is 4.10. The van der Waals surface area contributed by atoms with Crippen molar-refractivity contribution in [2.45, 2.75) is 32.7 Å². The summed E-state index contributed by atoms with van der Waals surface area (Å²) in [6, 6.07) is 12.7. The van der Waals surface area contributed by atoms with Crippen molar-refractivity contribution in [2.75, 3.05) is 7.11 Å². The van der Waals surface area contributed by atoms with Crippen LogP contribution < -0.4 is 10.3 Å². The molecule has 2 aromatic carbocycles. The Balaban J connectivity index is 1.80. The van der Waals surface area contributed by atoms with Gasteiger partial charge >= 0.3 is 0 Å². The van der Waals surface area contributed by atoms with E-state index in [9.17, 15) is 9.59 Å². The molecule has 154 valence electrons. The number of amides is 1. The quantitative estimate of drug-likeness (QED) is 0.667. The maximum Gasteiger partial charge on any atom is 0.257 e. The molecule has 0 spiro atoms. The average molecular weight is 424 g/mol. The number of hydrazone groups is 1. The normalized spacial score (nSPS) is 16.1. The first kappa shape index (κ1) is 20.2. The number of carbonyl (C=O) groups is 1. The van der Waals surface area contributed by atoms with Crippen LogP contribution >= 0.6 is 11.6 Å². The van der Waals surface area contributed by atoms with Crippen LogP contribution in [-0.4, -0.2) is 28.7 Å². The monoisotopic (exact) mass is 423 g/mol. The first-order valence-electron chi connectivity index (χ1n) is 9.79. The summed E-state index contributed by atoms with van der Waals surface area (Å²) in [7, 11) is 1.61. The van der Waals surface area contributed by atoms with Crippen molar-refractivity contribution >= 4 is 34.1 Å². The molecule has 6 nitrogen and oxygen atoms in total. The van der Waals surface area contributed by atoms with E-state index in [1.54, 1.807) is 26.2 Å². The molecule has 7 heteroatoms. The van der Waals surface area contributed by atoms with Crippen molar-refractivity contribution in [1.29, 1.82) is 0 Å². The number of aromatic amines is 1. The predicted molar refractivity (Wildman–Crippen MR) is 118 cm³/mol. The molecule has 1 atom stereocenters. The number of aromatic nitrogens is 1. The molecule has 0 fully saturated rings. The van der Waals surface area contributed by atoms with E-state index in [4.69, 9.17) is 16.3 Å².